The zero-order valence-corrected chi connectivity index (χ0v) is 19.3. The second-order valence-corrected chi connectivity index (χ2v) is 8.96. The Morgan fingerprint density at radius 2 is 1.83 bits per heavy atom. The van der Waals surface area contributed by atoms with E-state index < -0.39 is 5.91 Å². The number of nitrogens with zero attached hydrogens (tertiary/aromatic N) is 3. The van der Waals surface area contributed by atoms with Gasteiger partial charge in [-0.05, 0) is 37.3 Å². The second-order valence-electron chi connectivity index (χ2n) is 7.90. The fourth-order valence-electron chi connectivity index (χ4n) is 3.74. The van der Waals surface area contributed by atoms with Crippen molar-refractivity contribution in [3.05, 3.63) is 92.3 Å². The molecule has 0 bridgehead atoms. The van der Waals surface area contributed by atoms with Crippen LogP contribution in [0.15, 0.2) is 64.0 Å². The lowest BCUT2D eigenvalue weighted by atomic mass is 10.1. The quantitative estimate of drug-likeness (QED) is 0.327. The Hall–Kier alpha value is -4.44. The van der Waals surface area contributed by atoms with E-state index in [-0.39, 0.29) is 34.5 Å². The van der Waals surface area contributed by atoms with Crippen molar-refractivity contribution in [1.29, 1.82) is 0 Å². The van der Waals surface area contributed by atoms with Gasteiger partial charge in [0.05, 0.1) is 22.1 Å². The number of imide groups is 1. The Labute approximate surface area is 202 Å². The van der Waals surface area contributed by atoms with E-state index in [2.05, 4.69) is 15.5 Å². The summed E-state index contributed by atoms with van der Waals surface area (Å²) in [5, 5.41) is 11.8. The van der Waals surface area contributed by atoms with E-state index in [9.17, 15) is 19.2 Å². The zero-order valence-electron chi connectivity index (χ0n) is 18.5. The maximum atomic E-state index is 12.6. The number of anilines is 1. The number of benzene rings is 2. The fourth-order valence-corrected chi connectivity index (χ4v) is 4.47. The third-order valence-corrected chi connectivity index (χ3v) is 6.39. The number of carbonyl (C=O) groups is 3. The van der Waals surface area contributed by atoms with Crippen LogP contribution < -0.4 is 10.7 Å². The Morgan fingerprint density at radius 3 is 2.57 bits per heavy atom. The summed E-state index contributed by atoms with van der Waals surface area (Å²) in [7, 11) is 0. The number of aryl methyl sites for hydroxylation is 1. The van der Waals surface area contributed by atoms with Crippen molar-refractivity contribution >= 4 is 51.2 Å². The maximum absolute atomic E-state index is 12.6. The van der Waals surface area contributed by atoms with Gasteiger partial charge in [0.25, 0.3) is 11.8 Å². The topological polar surface area (TPSA) is 122 Å². The average molecular weight is 487 g/mol. The summed E-state index contributed by atoms with van der Waals surface area (Å²) in [4.78, 5) is 51.1. The lowest BCUT2D eigenvalue weighted by Gasteiger charge is -2.11. The summed E-state index contributed by atoms with van der Waals surface area (Å²) >= 11 is 1.14. The highest BCUT2D eigenvalue weighted by Crippen LogP contribution is 2.23. The van der Waals surface area contributed by atoms with E-state index >= 15 is 0 Å². The number of nitrogens with one attached hydrogen (secondary N) is 1. The van der Waals surface area contributed by atoms with E-state index in [1.54, 1.807) is 36.4 Å². The normalized spacial score (nSPS) is 13.1. The molecule has 35 heavy (non-hydrogen) atoms. The number of fused-ring (bicyclic) bond motifs is 2. The van der Waals surface area contributed by atoms with E-state index in [4.69, 9.17) is 4.42 Å². The van der Waals surface area contributed by atoms with Crippen molar-refractivity contribution in [3.63, 3.8) is 0 Å². The zero-order chi connectivity index (χ0) is 24.5. The number of hydrogen-bond acceptors (Lipinski definition) is 8. The van der Waals surface area contributed by atoms with Gasteiger partial charge in [0.15, 0.2) is 5.43 Å². The molecule has 1 aliphatic rings. The van der Waals surface area contributed by atoms with Gasteiger partial charge >= 0.3 is 0 Å². The molecule has 3 amide bonds. The molecule has 0 saturated heterocycles. The minimum atomic E-state index is -0.489. The SMILES string of the molecule is Cc1ccc2occ(/C=C/C(=O)Nc3nnc(CCN4C(=O)c5ccccc5C4=O)s3)c(=O)c2c1. The summed E-state index contributed by atoms with van der Waals surface area (Å²) in [5.41, 5.74) is 2.21. The van der Waals surface area contributed by atoms with Gasteiger partial charge in [-0.15, -0.1) is 10.2 Å². The highest BCUT2D eigenvalue weighted by molar-refractivity contribution is 7.15. The molecule has 0 spiro atoms. The first-order chi connectivity index (χ1) is 16.9. The van der Waals surface area contributed by atoms with Gasteiger partial charge in [-0.3, -0.25) is 29.4 Å². The van der Waals surface area contributed by atoms with Gasteiger partial charge in [0.2, 0.25) is 11.0 Å². The molecule has 2 aromatic heterocycles. The summed E-state index contributed by atoms with van der Waals surface area (Å²) in [6, 6.07) is 12.0. The number of hydrogen-bond donors (Lipinski definition) is 1. The lowest BCUT2D eigenvalue weighted by Crippen LogP contribution is -2.31. The van der Waals surface area contributed by atoms with Crippen molar-refractivity contribution in [2.75, 3.05) is 11.9 Å². The summed E-state index contributed by atoms with van der Waals surface area (Å²) < 4.78 is 5.48. The first kappa shape index (κ1) is 22.4. The lowest BCUT2D eigenvalue weighted by molar-refractivity contribution is -0.111. The third-order valence-electron chi connectivity index (χ3n) is 5.49. The highest BCUT2D eigenvalue weighted by atomic mass is 32.1. The second kappa shape index (κ2) is 9.07. The molecule has 0 unspecified atom stereocenters. The molecule has 1 aliphatic heterocycles. The molecule has 0 aliphatic carbocycles. The molecule has 9 nitrogen and oxygen atoms in total. The van der Waals surface area contributed by atoms with Crippen LogP contribution in [0.4, 0.5) is 5.13 Å². The predicted octanol–water partition coefficient (Wildman–Crippen LogP) is 3.44. The molecule has 0 radical (unpaired) electrons. The molecule has 4 aromatic rings. The van der Waals surface area contributed by atoms with Crippen LogP contribution in [0.1, 0.15) is 36.9 Å². The van der Waals surface area contributed by atoms with Crippen molar-refractivity contribution < 1.29 is 18.8 Å². The van der Waals surface area contributed by atoms with Crippen LogP contribution in [0.3, 0.4) is 0 Å². The molecule has 10 heteroatoms. The van der Waals surface area contributed by atoms with Crippen LogP contribution >= 0.6 is 11.3 Å². The molecule has 0 fully saturated rings. The Morgan fingerprint density at radius 1 is 1.09 bits per heavy atom. The van der Waals surface area contributed by atoms with E-state index in [1.165, 1.54) is 23.3 Å². The monoisotopic (exact) mass is 486 g/mol. The van der Waals surface area contributed by atoms with Crippen molar-refractivity contribution in [1.82, 2.24) is 15.1 Å². The standard InChI is InChI=1S/C25H18N4O5S/c1-14-6-8-19-18(12-14)22(31)15(13-34-19)7-9-20(30)26-25-28-27-21(35-25)10-11-29-23(32)16-4-2-3-5-17(16)24(29)33/h2-9,12-13H,10-11H2,1H3,(H,26,28,30)/b9-7+. The largest absolute Gasteiger partial charge is 0.463 e. The Kier molecular flexibility index (Phi) is 5.79. The summed E-state index contributed by atoms with van der Waals surface area (Å²) in [6.45, 7) is 2.04. The van der Waals surface area contributed by atoms with Crippen LogP contribution in [-0.2, 0) is 11.2 Å². The number of rotatable bonds is 6. The molecule has 3 heterocycles. The molecule has 0 saturated carbocycles. The fraction of sp³-hybridized carbons (Fsp3) is 0.120. The first-order valence-corrected chi connectivity index (χ1v) is 11.5. The summed E-state index contributed by atoms with van der Waals surface area (Å²) in [5.74, 6) is -1.15. The van der Waals surface area contributed by atoms with E-state index in [0.29, 0.717) is 33.5 Å². The Balaban J connectivity index is 1.21. The van der Waals surface area contributed by atoms with Crippen molar-refractivity contribution in [3.8, 4) is 0 Å². The van der Waals surface area contributed by atoms with Crippen LogP contribution in [0.2, 0.25) is 0 Å². The van der Waals surface area contributed by atoms with Crippen molar-refractivity contribution in [2.45, 2.75) is 13.3 Å². The molecular weight excluding hydrogens is 468 g/mol. The molecular formula is C25H18N4O5S. The van der Waals surface area contributed by atoms with Gasteiger partial charge in [-0.2, -0.15) is 0 Å². The third kappa shape index (κ3) is 4.38. The summed E-state index contributed by atoms with van der Waals surface area (Å²) in [6.07, 6.45) is 4.22. The number of aromatic nitrogens is 2. The predicted molar refractivity (Wildman–Crippen MR) is 130 cm³/mol. The minimum Gasteiger partial charge on any atom is -0.463 e. The van der Waals surface area contributed by atoms with Crippen LogP contribution in [-0.4, -0.2) is 39.4 Å². The number of amides is 3. The average Bonchev–Trinajstić information content (AvgIpc) is 3.40. The van der Waals surface area contributed by atoms with Gasteiger partial charge in [-0.1, -0.05) is 35.1 Å². The van der Waals surface area contributed by atoms with Gasteiger partial charge < -0.3 is 4.42 Å². The van der Waals surface area contributed by atoms with E-state index in [1.807, 2.05) is 13.0 Å². The van der Waals surface area contributed by atoms with Crippen LogP contribution in [0, 0.1) is 6.92 Å². The number of carbonyl (C=O) groups excluding carboxylic acids is 3. The van der Waals surface area contributed by atoms with E-state index in [0.717, 1.165) is 16.9 Å². The Bertz CT molecular complexity index is 1550. The highest BCUT2D eigenvalue weighted by Gasteiger charge is 2.34. The van der Waals surface area contributed by atoms with Gasteiger partial charge in [0, 0.05) is 19.0 Å². The minimum absolute atomic E-state index is 0.159. The smallest absolute Gasteiger partial charge is 0.261 e. The van der Waals surface area contributed by atoms with Crippen LogP contribution in [0.5, 0.6) is 0 Å². The molecule has 2 aromatic carbocycles. The molecule has 0 atom stereocenters. The van der Waals surface area contributed by atoms with Crippen LogP contribution in [0.25, 0.3) is 17.0 Å². The van der Waals surface area contributed by atoms with Gasteiger partial charge in [-0.25, -0.2) is 0 Å². The molecule has 174 valence electrons. The van der Waals surface area contributed by atoms with Crippen molar-refractivity contribution in [2.24, 2.45) is 0 Å². The molecule has 5 rings (SSSR count). The first-order valence-electron chi connectivity index (χ1n) is 10.7. The molecule has 1 N–H and O–H groups in total. The maximum Gasteiger partial charge on any atom is 0.261 e. The van der Waals surface area contributed by atoms with Gasteiger partial charge in [0.1, 0.15) is 16.9 Å².